The highest BCUT2D eigenvalue weighted by Crippen LogP contribution is 2.26. The molecule has 0 saturated carbocycles. The van der Waals surface area contributed by atoms with Crippen molar-refractivity contribution in [2.24, 2.45) is 5.92 Å². The highest BCUT2D eigenvalue weighted by molar-refractivity contribution is 6.32. The predicted octanol–water partition coefficient (Wildman–Crippen LogP) is 1.94. The van der Waals surface area contributed by atoms with E-state index in [2.05, 4.69) is 5.32 Å². The van der Waals surface area contributed by atoms with E-state index in [9.17, 15) is 0 Å². The molecule has 15 heavy (non-hydrogen) atoms. The highest BCUT2D eigenvalue weighted by atomic mass is 35.5. The van der Waals surface area contributed by atoms with Crippen LogP contribution in [0, 0.1) is 5.92 Å². The summed E-state index contributed by atoms with van der Waals surface area (Å²) in [6.07, 6.45) is 0. The zero-order valence-corrected chi connectivity index (χ0v) is 9.77. The van der Waals surface area contributed by atoms with Crippen LogP contribution in [0.2, 0.25) is 5.02 Å². The SMILES string of the molecule is Cl.Nc1ccc(OCC2CNC2)c(Cl)c1. The van der Waals surface area contributed by atoms with Crippen molar-refractivity contribution in [2.45, 2.75) is 0 Å². The standard InChI is InChI=1S/C10H13ClN2O.ClH/c11-9-3-8(12)1-2-10(9)14-6-7-4-13-5-7;/h1-3,7,13H,4-6,12H2;1H. The van der Waals surface area contributed by atoms with Gasteiger partial charge in [0.2, 0.25) is 0 Å². The lowest BCUT2D eigenvalue weighted by molar-refractivity contribution is 0.199. The molecule has 84 valence electrons. The van der Waals surface area contributed by atoms with E-state index in [1.165, 1.54) is 0 Å². The lowest BCUT2D eigenvalue weighted by Gasteiger charge is -2.26. The number of benzene rings is 1. The summed E-state index contributed by atoms with van der Waals surface area (Å²) in [7, 11) is 0. The van der Waals surface area contributed by atoms with Gasteiger partial charge in [0.1, 0.15) is 5.75 Å². The molecule has 0 bridgehead atoms. The minimum Gasteiger partial charge on any atom is -0.492 e. The molecule has 1 aliphatic heterocycles. The summed E-state index contributed by atoms with van der Waals surface area (Å²) in [6, 6.07) is 5.31. The van der Waals surface area contributed by atoms with E-state index in [0.29, 0.717) is 22.4 Å². The van der Waals surface area contributed by atoms with Crippen molar-refractivity contribution < 1.29 is 4.74 Å². The number of halogens is 2. The Morgan fingerprint density at radius 2 is 2.20 bits per heavy atom. The molecule has 1 aromatic rings. The van der Waals surface area contributed by atoms with Crippen LogP contribution in [0.4, 0.5) is 5.69 Å². The molecule has 1 saturated heterocycles. The van der Waals surface area contributed by atoms with Crippen molar-refractivity contribution in [3.63, 3.8) is 0 Å². The van der Waals surface area contributed by atoms with E-state index in [4.69, 9.17) is 22.1 Å². The van der Waals surface area contributed by atoms with Gasteiger partial charge in [-0.2, -0.15) is 0 Å². The number of nitrogens with two attached hydrogens (primary N) is 1. The van der Waals surface area contributed by atoms with Crippen LogP contribution in [0.25, 0.3) is 0 Å². The second-order valence-electron chi connectivity index (χ2n) is 3.53. The molecule has 1 aromatic carbocycles. The molecule has 1 fully saturated rings. The normalized spacial score (nSPS) is 15.3. The Bertz CT molecular complexity index is 329. The third-order valence-corrected chi connectivity index (χ3v) is 2.59. The van der Waals surface area contributed by atoms with Gasteiger partial charge in [-0.25, -0.2) is 0 Å². The molecule has 0 radical (unpaired) electrons. The smallest absolute Gasteiger partial charge is 0.138 e. The van der Waals surface area contributed by atoms with Gasteiger partial charge in [-0.15, -0.1) is 12.4 Å². The van der Waals surface area contributed by atoms with E-state index < -0.39 is 0 Å². The third-order valence-electron chi connectivity index (χ3n) is 2.30. The average Bonchev–Trinajstić information content (AvgIpc) is 2.05. The maximum Gasteiger partial charge on any atom is 0.138 e. The van der Waals surface area contributed by atoms with E-state index in [-0.39, 0.29) is 12.4 Å². The Morgan fingerprint density at radius 3 is 2.73 bits per heavy atom. The number of hydrogen-bond acceptors (Lipinski definition) is 3. The van der Waals surface area contributed by atoms with E-state index >= 15 is 0 Å². The first-order valence-electron chi connectivity index (χ1n) is 4.64. The molecule has 5 heteroatoms. The fourth-order valence-electron chi connectivity index (χ4n) is 1.31. The lowest BCUT2D eigenvalue weighted by atomic mass is 10.1. The number of nitrogens with one attached hydrogen (secondary N) is 1. The van der Waals surface area contributed by atoms with Gasteiger partial charge in [0.05, 0.1) is 11.6 Å². The monoisotopic (exact) mass is 248 g/mol. The number of anilines is 1. The molecular formula is C10H14Cl2N2O. The largest absolute Gasteiger partial charge is 0.492 e. The van der Waals surface area contributed by atoms with Crippen molar-refractivity contribution in [1.29, 1.82) is 0 Å². The first kappa shape index (κ1) is 12.4. The Kier molecular flexibility index (Phi) is 4.51. The summed E-state index contributed by atoms with van der Waals surface area (Å²) in [6.45, 7) is 2.79. The molecule has 3 N–H and O–H groups in total. The van der Waals surface area contributed by atoms with Gasteiger partial charge in [-0.1, -0.05) is 11.6 Å². The molecule has 0 aliphatic carbocycles. The van der Waals surface area contributed by atoms with Crippen molar-refractivity contribution in [3.05, 3.63) is 23.2 Å². The zero-order valence-electron chi connectivity index (χ0n) is 8.20. The Morgan fingerprint density at radius 1 is 1.47 bits per heavy atom. The number of hydrogen-bond donors (Lipinski definition) is 2. The maximum atomic E-state index is 5.95. The first-order valence-corrected chi connectivity index (χ1v) is 5.02. The first-order chi connectivity index (χ1) is 6.75. The van der Waals surface area contributed by atoms with Crippen molar-refractivity contribution in [3.8, 4) is 5.75 Å². The average molecular weight is 249 g/mol. The van der Waals surface area contributed by atoms with Gasteiger partial charge in [-0.3, -0.25) is 0 Å². The molecule has 3 nitrogen and oxygen atoms in total. The van der Waals surface area contributed by atoms with Gasteiger partial charge in [0.15, 0.2) is 0 Å². The summed E-state index contributed by atoms with van der Waals surface area (Å²) in [5.41, 5.74) is 6.23. The van der Waals surface area contributed by atoms with Crippen molar-refractivity contribution in [2.75, 3.05) is 25.4 Å². The van der Waals surface area contributed by atoms with Crippen molar-refractivity contribution in [1.82, 2.24) is 5.32 Å². The second kappa shape index (κ2) is 5.45. The van der Waals surface area contributed by atoms with Crippen LogP contribution < -0.4 is 15.8 Å². The van der Waals surface area contributed by atoms with Crippen LogP contribution in [-0.4, -0.2) is 19.7 Å². The fraction of sp³-hybridized carbons (Fsp3) is 0.400. The summed E-state index contributed by atoms with van der Waals surface area (Å²) in [5, 5.41) is 3.77. The molecular weight excluding hydrogens is 235 g/mol. The lowest BCUT2D eigenvalue weighted by Crippen LogP contribution is -2.45. The van der Waals surface area contributed by atoms with E-state index in [1.807, 2.05) is 6.07 Å². The van der Waals surface area contributed by atoms with Gasteiger partial charge >= 0.3 is 0 Å². The summed E-state index contributed by atoms with van der Waals surface area (Å²) < 4.78 is 5.57. The summed E-state index contributed by atoms with van der Waals surface area (Å²) >= 11 is 5.95. The Balaban J connectivity index is 0.00000112. The molecule has 0 amide bonds. The number of rotatable bonds is 3. The minimum atomic E-state index is 0. The van der Waals surface area contributed by atoms with Crippen LogP contribution in [0.3, 0.4) is 0 Å². The quantitative estimate of drug-likeness (QED) is 0.805. The van der Waals surface area contributed by atoms with E-state index in [0.717, 1.165) is 19.7 Å². The van der Waals surface area contributed by atoms with Gasteiger partial charge < -0.3 is 15.8 Å². The predicted molar refractivity (Wildman–Crippen MR) is 65.0 cm³/mol. The van der Waals surface area contributed by atoms with Gasteiger partial charge in [-0.05, 0) is 18.2 Å². The highest BCUT2D eigenvalue weighted by Gasteiger charge is 2.17. The van der Waals surface area contributed by atoms with E-state index in [1.54, 1.807) is 12.1 Å². The Hall–Kier alpha value is -0.640. The summed E-state index contributed by atoms with van der Waals surface area (Å²) in [5.74, 6) is 1.33. The molecule has 1 heterocycles. The van der Waals surface area contributed by atoms with Crippen LogP contribution >= 0.6 is 24.0 Å². The van der Waals surface area contributed by atoms with Gasteiger partial charge in [0.25, 0.3) is 0 Å². The molecule has 2 rings (SSSR count). The van der Waals surface area contributed by atoms with Crippen molar-refractivity contribution >= 4 is 29.7 Å². The molecule has 0 unspecified atom stereocenters. The summed E-state index contributed by atoms with van der Waals surface area (Å²) in [4.78, 5) is 0. The second-order valence-corrected chi connectivity index (χ2v) is 3.93. The Labute approximate surface area is 100 Å². The van der Waals surface area contributed by atoms with Crippen LogP contribution in [0.1, 0.15) is 0 Å². The fourth-order valence-corrected chi connectivity index (χ4v) is 1.55. The topological polar surface area (TPSA) is 47.3 Å². The number of ether oxygens (including phenoxy) is 1. The molecule has 0 aromatic heterocycles. The molecule has 1 aliphatic rings. The van der Waals surface area contributed by atoms with Crippen LogP contribution in [0.5, 0.6) is 5.75 Å². The minimum absolute atomic E-state index is 0. The zero-order chi connectivity index (χ0) is 9.97. The van der Waals surface area contributed by atoms with Crippen LogP contribution in [0.15, 0.2) is 18.2 Å². The van der Waals surface area contributed by atoms with Gasteiger partial charge in [0, 0.05) is 24.7 Å². The molecule has 0 atom stereocenters. The third kappa shape index (κ3) is 3.16. The molecule has 0 spiro atoms. The van der Waals surface area contributed by atoms with Crippen LogP contribution in [-0.2, 0) is 0 Å². The maximum absolute atomic E-state index is 5.95. The number of nitrogen functional groups attached to an aromatic ring is 1.